The maximum Gasteiger partial charge on any atom is 0.221 e. The third-order valence-electron chi connectivity index (χ3n) is 2.23. The lowest BCUT2D eigenvalue weighted by atomic mass is 10.3. The van der Waals surface area contributed by atoms with Crippen molar-refractivity contribution in [3.05, 3.63) is 48.9 Å². The fraction of sp³-hybridized carbons (Fsp3) is 0. The van der Waals surface area contributed by atoms with Crippen molar-refractivity contribution >= 4 is 0 Å². The van der Waals surface area contributed by atoms with Crippen LogP contribution >= 0.6 is 0 Å². The van der Waals surface area contributed by atoms with Crippen LogP contribution < -0.4 is 0 Å². The third kappa shape index (κ3) is 1.48. The molecule has 0 bridgehead atoms. The Morgan fingerprint density at radius 2 is 2.00 bits per heavy atom. The molecule has 0 aliphatic heterocycles. The summed E-state index contributed by atoms with van der Waals surface area (Å²) in [5.41, 5.74) is 1.76. The van der Waals surface area contributed by atoms with E-state index in [9.17, 15) is 0 Å². The highest BCUT2D eigenvalue weighted by Crippen LogP contribution is 2.12. The van der Waals surface area contributed by atoms with Crippen LogP contribution in [-0.4, -0.2) is 25.0 Å². The topological polar surface area (TPSA) is 59.4 Å². The van der Waals surface area contributed by atoms with Gasteiger partial charge in [0.1, 0.15) is 5.69 Å². The second kappa shape index (κ2) is 3.62. The van der Waals surface area contributed by atoms with E-state index < -0.39 is 0 Å². The molecule has 0 spiro atoms. The second-order valence-corrected chi connectivity index (χ2v) is 3.27. The highest BCUT2D eigenvalue weighted by molar-refractivity contribution is 5.47. The van der Waals surface area contributed by atoms with Gasteiger partial charge in [0.25, 0.3) is 0 Å². The Hall–Kier alpha value is -2.43. The van der Waals surface area contributed by atoms with Crippen LogP contribution in [0, 0.1) is 6.33 Å². The number of nitrogens with zero attached hydrogens (tertiary/aromatic N) is 4. The monoisotopic (exact) mass is 210 g/mol. The van der Waals surface area contributed by atoms with Crippen molar-refractivity contribution in [3.63, 3.8) is 0 Å². The van der Waals surface area contributed by atoms with Gasteiger partial charge in [-0.05, 0) is 18.2 Å². The summed E-state index contributed by atoms with van der Waals surface area (Å²) < 4.78 is 1.79. The molecule has 0 aliphatic carbocycles. The lowest BCUT2D eigenvalue weighted by Gasteiger charge is -1.98. The van der Waals surface area contributed by atoms with Crippen molar-refractivity contribution in [2.24, 2.45) is 0 Å². The standard InChI is InChI=1S/C11H8N5/c1-2-4-9(5-3-1)16-7-6-10(15-16)11-12-8-13-14-11/h1-7H,(H,12,13,14). The molecule has 5 nitrogen and oxygen atoms in total. The molecule has 77 valence electrons. The lowest BCUT2D eigenvalue weighted by Crippen LogP contribution is -1.94. The molecule has 0 amide bonds. The molecule has 2 heterocycles. The summed E-state index contributed by atoms with van der Waals surface area (Å²) in [4.78, 5) is 3.93. The van der Waals surface area contributed by atoms with E-state index in [2.05, 4.69) is 26.6 Å². The summed E-state index contributed by atoms with van der Waals surface area (Å²) in [6.45, 7) is 0. The predicted octanol–water partition coefficient (Wildman–Crippen LogP) is 1.46. The van der Waals surface area contributed by atoms with E-state index >= 15 is 0 Å². The number of hydrogen-bond acceptors (Lipinski definition) is 3. The van der Waals surface area contributed by atoms with Crippen LogP contribution in [0.15, 0.2) is 42.6 Å². The van der Waals surface area contributed by atoms with E-state index in [0.29, 0.717) is 5.82 Å². The molecule has 0 aliphatic rings. The molecule has 5 heteroatoms. The summed E-state index contributed by atoms with van der Waals surface area (Å²) >= 11 is 0. The lowest BCUT2D eigenvalue weighted by molar-refractivity contribution is 0.880. The van der Waals surface area contributed by atoms with Gasteiger partial charge in [-0.1, -0.05) is 18.2 Å². The number of hydrogen-bond donors (Lipinski definition) is 1. The number of rotatable bonds is 2. The smallest absolute Gasteiger partial charge is 0.221 e. The zero-order valence-corrected chi connectivity index (χ0v) is 8.33. The molecule has 0 saturated heterocycles. The Kier molecular flexibility index (Phi) is 2.00. The summed E-state index contributed by atoms with van der Waals surface area (Å²) in [6.07, 6.45) is 4.35. The van der Waals surface area contributed by atoms with Gasteiger partial charge in [0.2, 0.25) is 6.33 Å². The first-order valence-electron chi connectivity index (χ1n) is 4.83. The molecular formula is C11H8N5. The number of aromatic nitrogens is 5. The number of para-hydroxylation sites is 1. The summed E-state index contributed by atoms with van der Waals surface area (Å²) in [6, 6.07) is 11.8. The fourth-order valence-electron chi connectivity index (χ4n) is 1.47. The van der Waals surface area contributed by atoms with Gasteiger partial charge in [-0.15, -0.1) is 5.10 Å². The normalized spacial score (nSPS) is 10.5. The Morgan fingerprint density at radius 1 is 1.12 bits per heavy atom. The molecule has 2 aromatic heterocycles. The van der Waals surface area contributed by atoms with Crippen molar-refractivity contribution in [2.45, 2.75) is 0 Å². The molecule has 0 unspecified atom stereocenters. The minimum Gasteiger partial charge on any atom is -0.257 e. The van der Waals surface area contributed by atoms with Crippen molar-refractivity contribution in [1.82, 2.24) is 25.0 Å². The minimum atomic E-state index is 0.620. The molecular weight excluding hydrogens is 202 g/mol. The van der Waals surface area contributed by atoms with Crippen molar-refractivity contribution in [3.8, 4) is 17.2 Å². The van der Waals surface area contributed by atoms with Crippen LogP contribution in [-0.2, 0) is 0 Å². The largest absolute Gasteiger partial charge is 0.257 e. The quantitative estimate of drug-likeness (QED) is 0.696. The first-order valence-corrected chi connectivity index (χ1v) is 4.83. The molecule has 3 aromatic rings. The number of nitrogens with one attached hydrogen (secondary N) is 1. The van der Waals surface area contributed by atoms with E-state index in [4.69, 9.17) is 0 Å². The van der Waals surface area contributed by atoms with E-state index in [-0.39, 0.29) is 0 Å². The second-order valence-electron chi connectivity index (χ2n) is 3.27. The van der Waals surface area contributed by atoms with Crippen LogP contribution in [0.25, 0.3) is 17.2 Å². The number of H-pyrrole nitrogens is 1. The van der Waals surface area contributed by atoms with Gasteiger partial charge in [-0.3, -0.25) is 5.10 Å². The van der Waals surface area contributed by atoms with Crippen LogP contribution in [0.3, 0.4) is 0 Å². The van der Waals surface area contributed by atoms with Crippen molar-refractivity contribution < 1.29 is 0 Å². The summed E-state index contributed by atoms with van der Waals surface area (Å²) in [5.74, 6) is 0.620. The molecule has 1 N–H and O–H groups in total. The average molecular weight is 210 g/mol. The van der Waals surface area contributed by atoms with Crippen LogP contribution in [0.2, 0.25) is 0 Å². The molecule has 1 aromatic carbocycles. The van der Waals surface area contributed by atoms with Gasteiger partial charge >= 0.3 is 0 Å². The summed E-state index contributed by atoms with van der Waals surface area (Å²) in [5, 5.41) is 10.8. The van der Waals surface area contributed by atoms with Crippen LogP contribution in [0.4, 0.5) is 0 Å². The van der Waals surface area contributed by atoms with E-state index in [1.54, 1.807) is 4.68 Å². The number of aromatic amines is 1. The van der Waals surface area contributed by atoms with Gasteiger partial charge in [-0.2, -0.15) is 5.10 Å². The van der Waals surface area contributed by atoms with Crippen molar-refractivity contribution in [1.29, 1.82) is 0 Å². The Balaban J connectivity index is 2.00. The van der Waals surface area contributed by atoms with E-state index in [0.717, 1.165) is 11.4 Å². The predicted molar refractivity (Wildman–Crippen MR) is 57.8 cm³/mol. The molecule has 0 saturated carbocycles. The highest BCUT2D eigenvalue weighted by Gasteiger charge is 2.05. The van der Waals surface area contributed by atoms with Crippen molar-refractivity contribution in [2.75, 3.05) is 0 Å². The molecule has 1 radical (unpaired) electrons. The number of benzene rings is 1. The average Bonchev–Trinajstić information content (AvgIpc) is 3.01. The van der Waals surface area contributed by atoms with Gasteiger partial charge in [0, 0.05) is 6.20 Å². The van der Waals surface area contributed by atoms with Gasteiger partial charge in [0.15, 0.2) is 5.82 Å². The maximum absolute atomic E-state index is 4.39. The van der Waals surface area contributed by atoms with Gasteiger partial charge in [0.05, 0.1) is 5.69 Å². The third-order valence-corrected chi connectivity index (χ3v) is 2.23. The minimum absolute atomic E-state index is 0.620. The van der Waals surface area contributed by atoms with E-state index in [1.165, 1.54) is 0 Å². The van der Waals surface area contributed by atoms with E-state index in [1.807, 2.05) is 42.6 Å². The highest BCUT2D eigenvalue weighted by atomic mass is 15.3. The fourth-order valence-corrected chi connectivity index (χ4v) is 1.47. The Bertz CT molecular complexity index is 567. The van der Waals surface area contributed by atoms with Crippen LogP contribution in [0.5, 0.6) is 0 Å². The molecule has 3 rings (SSSR count). The Labute approximate surface area is 91.8 Å². The zero-order valence-electron chi connectivity index (χ0n) is 8.33. The molecule has 0 fully saturated rings. The molecule has 16 heavy (non-hydrogen) atoms. The SMILES string of the molecule is [c]1n[nH]c(-c2ccn(-c3ccccc3)n2)n1. The summed E-state index contributed by atoms with van der Waals surface area (Å²) in [7, 11) is 0. The first kappa shape index (κ1) is 8.84. The Morgan fingerprint density at radius 3 is 2.75 bits per heavy atom. The maximum atomic E-state index is 4.39. The molecule has 0 atom stereocenters. The zero-order chi connectivity index (χ0) is 10.8. The van der Waals surface area contributed by atoms with Crippen LogP contribution in [0.1, 0.15) is 0 Å². The van der Waals surface area contributed by atoms with Gasteiger partial charge < -0.3 is 0 Å². The first-order chi connectivity index (χ1) is 7.93. The van der Waals surface area contributed by atoms with Gasteiger partial charge in [-0.25, -0.2) is 9.67 Å².